The highest BCUT2D eigenvalue weighted by atomic mass is 35.5. The van der Waals surface area contributed by atoms with Gasteiger partial charge in [0, 0.05) is 18.3 Å². The first-order chi connectivity index (χ1) is 15.3. The zero-order valence-corrected chi connectivity index (χ0v) is 17.9. The fraction of sp³-hybridized carbons (Fsp3) is 0.167. The van der Waals surface area contributed by atoms with Gasteiger partial charge in [-0.1, -0.05) is 29.8 Å². The van der Waals surface area contributed by atoms with Crippen LogP contribution in [0.4, 0.5) is 15.8 Å². The van der Waals surface area contributed by atoms with Crippen molar-refractivity contribution in [3.8, 4) is 0 Å². The molecule has 0 saturated carbocycles. The number of hydrogen-bond donors (Lipinski definition) is 1. The first-order valence-corrected chi connectivity index (χ1v) is 10.3. The summed E-state index contributed by atoms with van der Waals surface area (Å²) >= 11 is 6.39. The summed E-state index contributed by atoms with van der Waals surface area (Å²) in [7, 11) is 0. The summed E-state index contributed by atoms with van der Waals surface area (Å²) < 4.78 is 13.2. The Hall–Kier alpha value is -3.58. The first-order valence-electron chi connectivity index (χ1n) is 9.91. The second kappa shape index (κ2) is 8.51. The summed E-state index contributed by atoms with van der Waals surface area (Å²) in [5, 5.41) is 2.84. The molecule has 162 valence electrons. The Kier molecular flexibility index (Phi) is 5.76. The monoisotopic (exact) mass is 451 g/mol. The molecule has 8 heteroatoms. The molecule has 1 aliphatic heterocycles. The van der Waals surface area contributed by atoms with Gasteiger partial charge in [-0.2, -0.15) is 0 Å². The van der Waals surface area contributed by atoms with Gasteiger partial charge in [0.15, 0.2) is 0 Å². The van der Waals surface area contributed by atoms with Crippen molar-refractivity contribution in [3.05, 3.63) is 89.0 Å². The predicted octanol–water partition coefficient (Wildman–Crippen LogP) is 4.64. The maximum Gasteiger partial charge on any atom is 0.274 e. The van der Waals surface area contributed by atoms with Crippen LogP contribution >= 0.6 is 11.6 Å². The van der Waals surface area contributed by atoms with Crippen LogP contribution in [0.1, 0.15) is 29.4 Å². The van der Waals surface area contributed by atoms with Crippen molar-refractivity contribution >= 4 is 40.7 Å². The average molecular weight is 452 g/mol. The largest absolute Gasteiger partial charge is 0.321 e. The van der Waals surface area contributed by atoms with E-state index < -0.39 is 11.3 Å². The molecule has 0 radical (unpaired) electrons. The fourth-order valence-electron chi connectivity index (χ4n) is 3.76. The number of carbonyl (C=O) groups is 3. The fourth-order valence-corrected chi connectivity index (χ4v) is 4.03. The number of nitrogens with one attached hydrogen (secondary N) is 1. The Labute approximate surface area is 189 Å². The summed E-state index contributed by atoms with van der Waals surface area (Å²) in [5.74, 6) is -1.52. The Bertz CT molecular complexity index is 1200. The number of rotatable bonds is 5. The van der Waals surface area contributed by atoms with Crippen molar-refractivity contribution in [2.24, 2.45) is 5.41 Å². The minimum absolute atomic E-state index is 0.0116. The highest BCUT2D eigenvalue weighted by Gasteiger charge is 2.49. The summed E-state index contributed by atoms with van der Waals surface area (Å²) in [5.41, 5.74) is 0.692. The zero-order valence-electron chi connectivity index (χ0n) is 17.1. The molecular formula is C24H19ClFN3O3. The molecule has 1 saturated heterocycles. The number of hydrogen-bond acceptors (Lipinski definition) is 4. The number of anilines is 2. The molecule has 4 rings (SSSR count). The van der Waals surface area contributed by atoms with Crippen molar-refractivity contribution in [1.82, 2.24) is 4.98 Å². The lowest BCUT2D eigenvalue weighted by Gasteiger charge is -2.23. The first kappa shape index (κ1) is 21.6. The van der Waals surface area contributed by atoms with E-state index >= 15 is 0 Å². The van der Waals surface area contributed by atoms with Gasteiger partial charge in [0.2, 0.25) is 11.8 Å². The lowest BCUT2D eigenvalue weighted by Crippen LogP contribution is -2.35. The van der Waals surface area contributed by atoms with E-state index in [1.54, 1.807) is 43.3 Å². The second-order valence-electron chi connectivity index (χ2n) is 7.91. The van der Waals surface area contributed by atoms with Crippen LogP contribution in [0.25, 0.3) is 0 Å². The van der Waals surface area contributed by atoms with Gasteiger partial charge in [-0.15, -0.1) is 0 Å². The summed E-state index contributed by atoms with van der Waals surface area (Å²) in [6.45, 7) is 1.71. The maximum absolute atomic E-state index is 13.2. The Morgan fingerprint density at radius 1 is 1.16 bits per heavy atom. The van der Waals surface area contributed by atoms with Gasteiger partial charge in [-0.25, -0.2) is 9.29 Å². The average Bonchev–Trinajstić information content (AvgIpc) is 2.99. The van der Waals surface area contributed by atoms with Crippen molar-refractivity contribution in [2.45, 2.75) is 19.8 Å². The van der Waals surface area contributed by atoms with Crippen molar-refractivity contribution in [1.29, 1.82) is 0 Å². The van der Waals surface area contributed by atoms with Crippen molar-refractivity contribution in [2.75, 3.05) is 10.2 Å². The Morgan fingerprint density at radius 2 is 1.91 bits per heavy atom. The molecule has 1 fully saturated rings. The van der Waals surface area contributed by atoms with E-state index in [1.807, 2.05) is 0 Å². The normalized spacial score (nSPS) is 18.2. The standard InChI is InChI=1S/C24H19ClFN3O3/c1-24(13-15-5-7-16(26)8-6-15)14-21(30)29(23(24)32)20-10-9-17(12-18(20)25)28-22(31)19-4-2-3-11-27-19/h2-12H,13-14H2,1H3,(H,28,31)/t24-/m1/s1. The Balaban J connectivity index is 1.54. The molecule has 1 aromatic heterocycles. The lowest BCUT2D eigenvalue weighted by atomic mass is 9.82. The van der Waals surface area contributed by atoms with Gasteiger partial charge >= 0.3 is 0 Å². The number of benzene rings is 2. The van der Waals surface area contributed by atoms with Crippen LogP contribution in [0.3, 0.4) is 0 Å². The molecule has 0 unspecified atom stereocenters. The van der Waals surface area contributed by atoms with Gasteiger partial charge in [-0.3, -0.25) is 19.4 Å². The van der Waals surface area contributed by atoms with Gasteiger partial charge < -0.3 is 5.32 Å². The van der Waals surface area contributed by atoms with Crippen LogP contribution in [0, 0.1) is 11.2 Å². The van der Waals surface area contributed by atoms with E-state index in [9.17, 15) is 18.8 Å². The van der Waals surface area contributed by atoms with E-state index in [2.05, 4.69) is 10.3 Å². The molecular weight excluding hydrogens is 433 g/mol. The van der Waals surface area contributed by atoms with Gasteiger partial charge in [0.05, 0.1) is 16.1 Å². The number of pyridine rings is 1. The highest BCUT2D eigenvalue weighted by molar-refractivity contribution is 6.36. The molecule has 2 aromatic carbocycles. The van der Waals surface area contributed by atoms with Crippen LogP contribution in [0.2, 0.25) is 5.02 Å². The van der Waals surface area contributed by atoms with E-state index in [-0.39, 0.29) is 40.5 Å². The van der Waals surface area contributed by atoms with Gasteiger partial charge in [-0.05, 0) is 61.4 Å². The van der Waals surface area contributed by atoms with Gasteiger partial charge in [0.1, 0.15) is 11.5 Å². The third-order valence-corrected chi connectivity index (χ3v) is 5.66. The molecule has 0 bridgehead atoms. The molecule has 0 spiro atoms. The van der Waals surface area contributed by atoms with Gasteiger partial charge in [0.25, 0.3) is 5.91 Å². The topological polar surface area (TPSA) is 79.4 Å². The van der Waals surface area contributed by atoms with E-state index in [0.29, 0.717) is 12.1 Å². The van der Waals surface area contributed by atoms with Crippen LogP contribution in [-0.2, 0) is 16.0 Å². The zero-order chi connectivity index (χ0) is 22.9. The number of halogens is 2. The molecule has 1 atom stereocenters. The summed E-state index contributed by atoms with van der Waals surface area (Å²) in [4.78, 5) is 43.3. The lowest BCUT2D eigenvalue weighted by molar-refractivity contribution is -0.125. The van der Waals surface area contributed by atoms with Crippen LogP contribution in [-0.4, -0.2) is 22.7 Å². The number of amides is 3. The second-order valence-corrected chi connectivity index (χ2v) is 8.32. The molecule has 0 aliphatic carbocycles. The third kappa shape index (κ3) is 4.24. The van der Waals surface area contributed by atoms with E-state index in [1.165, 1.54) is 30.5 Å². The minimum atomic E-state index is -0.968. The molecule has 3 aromatic rings. The number of nitrogens with zero attached hydrogens (tertiary/aromatic N) is 2. The number of carbonyl (C=O) groups excluding carboxylic acids is 3. The van der Waals surface area contributed by atoms with Crippen LogP contribution in [0.15, 0.2) is 66.9 Å². The van der Waals surface area contributed by atoms with Crippen molar-refractivity contribution in [3.63, 3.8) is 0 Å². The quantitative estimate of drug-likeness (QED) is 0.573. The predicted molar refractivity (Wildman–Crippen MR) is 119 cm³/mol. The van der Waals surface area contributed by atoms with E-state index in [0.717, 1.165) is 10.5 Å². The number of imide groups is 1. The molecule has 6 nitrogen and oxygen atoms in total. The summed E-state index contributed by atoms with van der Waals surface area (Å²) in [6, 6.07) is 15.4. The molecule has 2 heterocycles. The maximum atomic E-state index is 13.2. The van der Waals surface area contributed by atoms with Crippen molar-refractivity contribution < 1.29 is 18.8 Å². The SMILES string of the molecule is C[C@@]1(Cc2ccc(F)cc2)CC(=O)N(c2ccc(NC(=O)c3ccccn3)cc2Cl)C1=O. The molecule has 3 amide bonds. The summed E-state index contributed by atoms with van der Waals surface area (Å²) in [6.07, 6.45) is 1.82. The smallest absolute Gasteiger partial charge is 0.274 e. The molecule has 1 N–H and O–H groups in total. The molecule has 32 heavy (non-hydrogen) atoms. The third-order valence-electron chi connectivity index (χ3n) is 5.36. The minimum Gasteiger partial charge on any atom is -0.321 e. The van der Waals surface area contributed by atoms with Crippen LogP contribution in [0.5, 0.6) is 0 Å². The number of aromatic nitrogens is 1. The van der Waals surface area contributed by atoms with Crippen LogP contribution < -0.4 is 10.2 Å². The Morgan fingerprint density at radius 3 is 2.56 bits per heavy atom. The highest BCUT2D eigenvalue weighted by Crippen LogP contribution is 2.41. The molecule has 1 aliphatic rings. The van der Waals surface area contributed by atoms with E-state index in [4.69, 9.17) is 11.6 Å².